The number of ether oxygens (including phenoxy) is 1. The highest BCUT2D eigenvalue weighted by Crippen LogP contribution is 2.24. The third-order valence-corrected chi connectivity index (χ3v) is 5.29. The molecule has 0 saturated carbocycles. The number of nitrogens with zero attached hydrogens (tertiary/aromatic N) is 2. The molecule has 0 radical (unpaired) electrons. The molecule has 2 aromatic carbocycles. The minimum atomic E-state index is 0.0844. The number of hydrogen-bond acceptors (Lipinski definition) is 3. The van der Waals surface area contributed by atoms with Crippen molar-refractivity contribution >= 4 is 5.91 Å². The zero-order valence-electron chi connectivity index (χ0n) is 15.9. The highest BCUT2D eigenvalue weighted by atomic mass is 16.5. The molecule has 0 aliphatic carbocycles. The molecule has 1 aliphatic rings. The molecule has 3 rings (SSSR count). The first-order chi connectivity index (χ1) is 12.6. The van der Waals surface area contributed by atoms with E-state index < -0.39 is 0 Å². The van der Waals surface area contributed by atoms with Crippen LogP contribution in [0.25, 0.3) is 11.1 Å². The van der Waals surface area contributed by atoms with E-state index >= 15 is 0 Å². The van der Waals surface area contributed by atoms with Crippen molar-refractivity contribution in [1.82, 2.24) is 9.80 Å². The zero-order valence-corrected chi connectivity index (χ0v) is 15.9. The molecule has 1 atom stereocenters. The van der Waals surface area contributed by atoms with Crippen LogP contribution in [0.15, 0.2) is 48.5 Å². The van der Waals surface area contributed by atoms with Crippen LogP contribution in [0.1, 0.15) is 29.6 Å². The van der Waals surface area contributed by atoms with Crippen molar-refractivity contribution in [1.29, 1.82) is 0 Å². The Morgan fingerprint density at radius 1 is 1.15 bits per heavy atom. The lowest BCUT2D eigenvalue weighted by molar-refractivity contribution is 0.0717. The topological polar surface area (TPSA) is 32.8 Å². The van der Waals surface area contributed by atoms with Crippen molar-refractivity contribution in [2.75, 3.05) is 34.3 Å². The third-order valence-electron chi connectivity index (χ3n) is 5.29. The van der Waals surface area contributed by atoms with Crippen molar-refractivity contribution in [3.8, 4) is 16.9 Å². The van der Waals surface area contributed by atoms with E-state index in [2.05, 4.69) is 11.9 Å². The lowest BCUT2D eigenvalue weighted by Crippen LogP contribution is -2.45. The molecule has 4 nitrogen and oxygen atoms in total. The van der Waals surface area contributed by atoms with Gasteiger partial charge in [0.15, 0.2) is 0 Å². The van der Waals surface area contributed by atoms with Gasteiger partial charge in [-0.25, -0.2) is 0 Å². The van der Waals surface area contributed by atoms with Gasteiger partial charge in [0.2, 0.25) is 0 Å². The Bertz CT molecular complexity index is 742. The lowest BCUT2D eigenvalue weighted by atomic mass is 10.0. The summed E-state index contributed by atoms with van der Waals surface area (Å²) in [5.74, 6) is 0.917. The Balaban J connectivity index is 1.68. The molecule has 1 unspecified atom stereocenters. The molecular formula is C22H28N2O2. The molecule has 0 N–H and O–H groups in total. The number of methoxy groups -OCH3 is 1. The summed E-state index contributed by atoms with van der Waals surface area (Å²) >= 11 is 0. The number of benzene rings is 2. The van der Waals surface area contributed by atoms with Gasteiger partial charge in [-0.05, 0) is 61.8 Å². The van der Waals surface area contributed by atoms with Crippen molar-refractivity contribution < 1.29 is 9.53 Å². The van der Waals surface area contributed by atoms with Gasteiger partial charge in [-0.1, -0.05) is 30.7 Å². The summed E-state index contributed by atoms with van der Waals surface area (Å²) in [6.45, 7) is 1.91. The molecule has 1 saturated heterocycles. The summed E-state index contributed by atoms with van der Waals surface area (Å²) in [5, 5.41) is 0. The standard InChI is InChI=1S/C22H28N2O2/c1-23-14-5-4-8-20(23)16-24(2)22(25)18-12-10-17(11-13-18)19-7-6-9-21(15-19)26-3/h6-7,9-13,15,20H,4-5,8,14,16H2,1-3H3. The molecule has 1 fully saturated rings. The number of piperidine rings is 1. The average molecular weight is 352 g/mol. The summed E-state index contributed by atoms with van der Waals surface area (Å²) in [5.41, 5.74) is 2.90. The Labute approximate surface area is 156 Å². The summed E-state index contributed by atoms with van der Waals surface area (Å²) in [6, 6.07) is 16.3. The molecule has 138 valence electrons. The Morgan fingerprint density at radius 3 is 2.62 bits per heavy atom. The fourth-order valence-corrected chi connectivity index (χ4v) is 3.60. The first-order valence-corrected chi connectivity index (χ1v) is 9.28. The monoisotopic (exact) mass is 352 g/mol. The van der Waals surface area contributed by atoms with Gasteiger partial charge in [-0.2, -0.15) is 0 Å². The number of carbonyl (C=O) groups excluding carboxylic acids is 1. The summed E-state index contributed by atoms with van der Waals surface area (Å²) in [6.07, 6.45) is 3.69. The van der Waals surface area contributed by atoms with E-state index in [9.17, 15) is 4.79 Å². The Morgan fingerprint density at radius 2 is 1.92 bits per heavy atom. The van der Waals surface area contributed by atoms with Crippen LogP contribution in [0.4, 0.5) is 0 Å². The highest BCUT2D eigenvalue weighted by Gasteiger charge is 2.22. The van der Waals surface area contributed by atoms with Crippen LogP contribution in [0.3, 0.4) is 0 Å². The van der Waals surface area contributed by atoms with Crippen molar-refractivity contribution in [3.05, 3.63) is 54.1 Å². The SMILES string of the molecule is COc1cccc(-c2ccc(C(=O)N(C)CC3CCCCN3C)cc2)c1. The van der Waals surface area contributed by atoms with Gasteiger partial charge < -0.3 is 14.5 Å². The molecule has 0 bridgehead atoms. The van der Waals surface area contributed by atoms with Gasteiger partial charge in [0.05, 0.1) is 7.11 Å². The fourth-order valence-electron chi connectivity index (χ4n) is 3.60. The smallest absolute Gasteiger partial charge is 0.253 e. The van der Waals surface area contributed by atoms with Gasteiger partial charge in [0.1, 0.15) is 5.75 Å². The molecule has 1 amide bonds. The molecule has 1 heterocycles. The minimum Gasteiger partial charge on any atom is -0.497 e. The molecule has 0 spiro atoms. The molecule has 2 aromatic rings. The van der Waals surface area contributed by atoms with Crippen LogP contribution in [-0.4, -0.2) is 56.0 Å². The molecule has 26 heavy (non-hydrogen) atoms. The number of likely N-dealkylation sites (N-methyl/N-ethyl adjacent to an activating group) is 2. The zero-order chi connectivity index (χ0) is 18.5. The summed E-state index contributed by atoms with van der Waals surface area (Å²) in [4.78, 5) is 17.0. The van der Waals surface area contributed by atoms with Gasteiger partial charge in [0.25, 0.3) is 5.91 Å². The Kier molecular flexibility index (Phi) is 5.94. The van der Waals surface area contributed by atoms with E-state index in [0.717, 1.165) is 35.5 Å². The van der Waals surface area contributed by atoms with E-state index in [1.807, 2.05) is 60.5 Å². The number of rotatable bonds is 5. The summed E-state index contributed by atoms with van der Waals surface area (Å²) in [7, 11) is 5.73. The number of amides is 1. The quantitative estimate of drug-likeness (QED) is 0.818. The maximum atomic E-state index is 12.8. The van der Waals surface area contributed by atoms with Crippen molar-refractivity contribution in [2.45, 2.75) is 25.3 Å². The second kappa shape index (κ2) is 8.37. The van der Waals surface area contributed by atoms with Crippen LogP contribution in [0.2, 0.25) is 0 Å². The van der Waals surface area contributed by atoms with Crippen LogP contribution < -0.4 is 4.74 Å². The largest absolute Gasteiger partial charge is 0.497 e. The van der Waals surface area contributed by atoms with E-state index in [-0.39, 0.29) is 5.91 Å². The second-order valence-corrected chi connectivity index (χ2v) is 7.13. The second-order valence-electron chi connectivity index (χ2n) is 7.13. The van der Waals surface area contributed by atoms with Gasteiger partial charge in [-0.3, -0.25) is 4.79 Å². The predicted molar refractivity (Wildman–Crippen MR) is 106 cm³/mol. The first kappa shape index (κ1) is 18.5. The van der Waals surface area contributed by atoms with E-state index in [1.54, 1.807) is 7.11 Å². The van der Waals surface area contributed by atoms with Crippen molar-refractivity contribution in [2.24, 2.45) is 0 Å². The van der Waals surface area contributed by atoms with Gasteiger partial charge in [0, 0.05) is 25.2 Å². The molecule has 4 heteroatoms. The fraction of sp³-hybridized carbons (Fsp3) is 0.409. The van der Waals surface area contributed by atoms with E-state index in [1.165, 1.54) is 19.3 Å². The third kappa shape index (κ3) is 4.25. The predicted octanol–water partition coefficient (Wildman–Crippen LogP) is 3.92. The Hall–Kier alpha value is -2.33. The van der Waals surface area contributed by atoms with E-state index in [0.29, 0.717) is 6.04 Å². The lowest BCUT2D eigenvalue weighted by Gasteiger charge is -2.35. The van der Waals surface area contributed by atoms with Crippen LogP contribution in [-0.2, 0) is 0 Å². The molecule has 1 aliphatic heterocycles. The first-order valence-electron chi connectivity index (χ1n) is 9.28. The van der Waals surface area contributed by atoms with Crippen LogP contribution >= 0.6 is 0 Å². The number of carbonyl (C=O) groups is 1. The normalized spacial score (nSPS) is 17.7. The minimum absolute atomic E-state index is 0.0844. The van der Waals surface area contributed by atoms with Crippen molar-refractivity contribution in [3.63, 3.8) is 0 Å². The highest BCUT2D eigenvalue weighted by molar-refractivity contribution is 5.94. The van der Waals surface area contributed by atoms with Gasteiger partial charge in [-0.15, -0.1) is 0 Å². The van der Waals surface area contributed by atoms with Crippen LogP contribution in [0.5, 0.6) is 5.75 Å². The van der Waals surface area contributed by atoms with Gasteiger partial charge >= 0.3 is 0 Å². The number of likely N-dealkylation sites (tertiary alicyclic amines) is 1. The average Bonchev–Trinajstić information content (AvgIpc) is 2.69. The van der Waals surface area contributed by atoms with E-state index in [4.69, 9.17) is 4.74 Å². The number of hydrogen-bond donors (Lipinski definition) is 0. The molecule has 0 aromatic heterocycles. The maximum Gasteiger partial charge on any atom is 0.253 e. The maximum absolute atomic E-state index is 12.8. The summed E-state index contributed by atoms with van der Waals surface area (Å²) < 4.78 is 5.29. The van der Waals surface area contributed by atoms with Crippen LogP contribution in [0, 0.1) is 0 Å². The molecular weight excluding hydrogens is 324 g/mol.